The summed E-state index contributed by atoms with van der Waals surface area (Å²) in [6, 6.07) is 17.5. The van der Waals surface area contributed by atoms with E-state index in [1.54, 1.807) is 43.3 Å². The summed E-state index contributed by atoms with van der Waals surface area (Å²) in [4.78, 5) is 38.9. The average Bonchev–Trinajstić information content (AvgIpc) is 3.83. The van der Waals surface area contributed by atoms with Gasteiger partial charge in [0.05, 0.1) is 11.3 Å². The molecule has 1 aromatic heterocycles. The summed E-state index contributed by atoms with van der Waals surface area (Å²) in [6.45, 7) is 1.78. The van der Waals surface area contributed by atoms with Gasteiger partial charge in [-0.1, -0.05) is 12.1 Å². The molecule has 1 atom stereocenters. The van der Waals surface area contributed by atoms with Crippen LogP contribution in [-0.4, -0.2) is 30.0 Å². The first-order valence-corrected chi connectivity index (χ1v) is 15.6. The van der Waals surface area contributed by atoms with Crippen molar-refractivity contribution in [3.8, 4) is 5.69 Å². The zero-order chi connectivity index (χ0) is 30.7. The molecule has 1 unspecified atom stereocenters. The molecule has 2 N–H and O–H groups in total. The van der Waals surface area contributed by atoms with Crippen LogP contribution in [0.4, 0.5) is 8.78 Å². The monoisotopic (exact) mass is 607 g/mol. The summed E-state index contributed by atoms with van der Waals surface area (Å²) >= 11 is 0. The lowest BCUT2D eigenvalue weighted by Gasteiger charge is -2.17. The number of aromatic nitrogens is 1. The van der Waals surface area contributed by atoms with Gasteiger partial charge in [0, 0.05) is 28.8 Å². The Bertz CT molecular complexity index is 1830. The van der Waals surface area contributed by atoms with Crippen molar-refractivity contribution in [2.45, 2.75) is 56.7 Å². The molecule has 0 radical (unpaired) electrons. The third kappa shape index (κ3) is 7.16. The predicted molar refractivity (Wildman–Crippen MR) is 159 cm³/mol. The Morgan fingerprint density at radius 2 is 1.58 bits per heavy atom. The molecule has 8 nitrogen and oxygen atoms in total. The van der Waals surface area contributed by atoms with E-state index in [9.17, 15) is 31.6 Å². The van der Waals surface area contributed by atoms with Crippen LogP contribution < -0.4 is 15.6 Å². The average molecular weight is 608 g/mol. The molecular weight excluding hydrogens is 576 g/mol. The molecule has 0 bridgehead atoms. The molecule has 0 aliphatic heterocycles. The molecule has 2 amide bonds. The molecule has 1 saturated carbocycles. The summed E-state index contributed by atoms with van der Waals surface area (Å²) in [5.41, 5.74) is 1.77. The van der Waals surface area contributed by atoms with Crippen molar-refractivity contribution in [3.05, 3.63) is 112 Å². The van der Waals surface area contributed by atoms with Gasteiger partial charge in [-0.15, -0.1) is 0 Å². The zero-order valence-electron chi connectivity index (χ0n) is 23.5. The van der Waals surface area contributed by atoms with E-state index < -0.39 is 27.0 Å². The SMILES string of the molecule is CC(NC(=O)c1ccc2c(=O)n(-c3ccc(F)cc3)c(CCCCC(=O)NS(=O)(=O)C3CC3)cc2c1)c1ccc(F)cc1. The van der Waals surface area contributed by atoms with E-state index in [2.05, 4.69) is 10.0 Å². The minimum atomic E-state index is -3.61. The predicted octanol–water partition coefficient (Wildman–Crippen LogP) is 5.08. The number of hydrogen-bond donors (Lipinski definition) is 2. The van der Waals surface area contributed by atoms with Crippen LogP contribution in [0.3, 0.4) is 0 Å². The van der Waals surface area contributed by atoms with Crippen molar-refractivity contribution in [1.82, 2.24) is 14.6 Å². The van der Waals surface area contributed by atoms with Crippen LogP contribution >= 0.6 is 0 Å². The van der Waals surface area contributed by atoms with Gasteiger partial charge in [-0.05, 0) is 111 Å². The number of rotatable bonds is 11. The lowest BCUT2D eigenvalue weighted by atomic mass is 10.0. The topological polar surface area (TPSA) is 114 Å². The Morgan fingerprint density at radius 1 is 0.930 bits per heavy atom. The minimum absolute atomic E-state index is 0.0108. The molecule has 224 valence electrons. The van der Waals surface area contributed by atoms with Crippen molar-refractivity contribution in [1.29, 1.82) is 0 Å². The van der Waals surface area contributed by atoms with Crippen LogP contribution in [0.1, 0.15) is 66.7 Å². The molecule has 43 heavy (non-hydrogen) atoms. The van der Waals surface area contributed by atoms with Gasteiger partial charge in [-0.3, -0.25) is 23.7 Å². The van der Waals surface area contributed by atoms with Gasteiger partial charge in [-0.2, -0.15) is 0 Å². The molecule has 4 aromatic rings. The molecule has 3 aromatic carbocycles. The van der Waals surface area contributed by atoms with Crippen LogP contribution in [0.25, 0.3) is 16.5 Å². The Labute approximate surface area is 247 Å². The maximum Gasteiger partial charge on any atom is 0.263 e. The third-order valence-electron chi connectivity index (χ3n) is 7.47. The lowest BCUT2D eigenvalue weighted by molar-refractivity contribution is -0.119. The fraction of sp³-hybridized carbons (Fsp3) is 0.281. The van der Waals surface area contributed by atoms with Crippen molar-refractivity contribution >= 4 is 32.6 Å². The highest BCUT2D eigenvalue weighted by molar-refractivity contribution is 7.90. The Balaban J connectivity index is 1.38. The second-order valence-corrected chi connectivity index (χ2v) is 12.7. The number of nitrogens with one attached hydrogen (secondary N) is 2. The number of sulfonamides is 1. The number of fused-ring (bicyclic) bond motifs is 1. The van der Waals surface area contributed by atoms with Gasteiger partial charge < -0.3 is 5.32 Å². The van der Waals surface area contributed by atoms with Gasteiger partial charge in [0.25, 0.3) is 11.5 Å². The zero-order valence-corrected chi connectivity index (χ0v) is 24.3. The lowest BCUT2D eigenvalue weighted by Crippen LogP contribution is -2.33. The first-order chi connectivity index (χ1) is 20.5. The highest BCUT2D eigenvalue weighted by Gasteiger charge is 2.36. The third-order valence-corrected chi connectivity index (χ3v) is 9.33. The smallest absolute Gasteiger partial charge is 0.263 e. The number of carbonyl (C=O) groups excluding carboxylic acids is 2. The quantitative estimate of drug-likeness (QED) is 0.231. The normalized spacial score (nSPS) is 13.9. The summed E-state index contributed by atoms with van der Waals surface area (Å²) in [5, 5.41) is 3.30. The number of pyridine rings is 1. The Hall–Kier alpha value is -4.38. The van der Waals surface area contributed by atoms with E-state index in [1.165, 1.54) is 41.0 Å². The van der Waals surface area contributed by atoms with E-state index in [-0.39, 0.29) is 29.7 Å². The molecule has 5 rings (SSSR count). The molecule has 0 saturated heterocycles. The van der Waals surface area contributed by atoms with E-state index in [0.717, 1.165) is 5.56 Å². The van der Waals surface area contributed by atoms with E-state index >= 15 is 0 Å². The number of aryl methyl sites for hydroxylation is 1. The van der Waals surface area contributed by atoms with E-state index in [0.29, 0.717) is 59.8 Å². The Kier molecular flexibility index (Phi) is 8.72. The van der Waals surface area contributed by atoms with Gasteiger partial charge in [0.15, 0.2) is 0 Å². The summed E-state index contributed by atoms with van der Waals surface area (Å²) in [5.74, 6) is -1.75. The molecular formula is C32H31F2N3O5S. The molecule has 1 aliphatic carbocycles. The number of unbranched alkanes of at least 4 members (excludes halogenated alkanes) is 1. The van der Waals surface area contributed by atoms with Crippen molar-refractivity contribution in [2.24, 2.45) is 0 Å². The van der Waals surface area contributed by atoms with Gasteiger partial charge >= 0.3 is 0 Å². The van der Waals surface area contributed by atoms with Crippen LogP contribution in [0.2, 0.25) is 0 Å². The largest absolute Gasteiger partial charge is 0.346 e. The van der Waals surface area contributed by atoms with Gasteiger partial charge in [0.1, 0.15) is 11.6 Å². The highest BCUT2D eigenvalue weighted by atomic mass is 32.2. The standard InChI is InChI=1S/C32H31F2N3O5S/c1-20(21-6-9-24(33)10-7-21)35-31(39)22-8-17-29-23(18-22)19-27(37(32(29)40)26-13-11-25(34)12-14-26)4-2-3-5-30(38)36-43(41,42)28-15-16-28/h6-14,17-20,28H,2-5,15-16H2,1H3,(H,35,39)(H,36,38). The number of hydrogen-bond acceptors (Lipinski definition) is 5. The van der Waals surface area contributed by atoms with Gasteiger partial charge in [0.2, 0.25) is 15.9 Å². The van der Waals surface area contributed by atoms with Crippen molar-refractivity contribution < 1.29 is 26.8 Å². The molecule has 11 heteroatoms. The van der Waals surface area contributed by atoms with Gasteiger partial charge in [-0.25, -0.2) is 17.2 Å². The number of halogens is 2. The van der Waals surface area contributed by atoms with E-state index in [1.807, 2.05) is 0 Å². The second kappa shape index (κ2) is 12.5. The first kappa shape index (κ1) is 30.1. The molecule has 1 aliphatic rings. The fourth-order valence-corrected chi connectivity index (χ4v) is 6.29. The van der Waals surface area contributed by atoms with Crippen LogP contribution in [0, 0.1) is 11.6 Å². The molecule has 1 heterocycles. The molecule has 0 spiro atoms. The number of benzene rings is 3. The second-order valence-electron chi connectivity index (χ2n) is 10.8. The first-order valence-electron chi connectivity index (χ1n) is 14.1. The summed E-state index contributed by atoms with van der Waals surface area (Å²) in [7, 11) is -3.61. The number of amides is 2. The van der Waals surface area contributed by atoms with E-state index in [4.69, 9.17) is 0 Å². The van der Waals surface area contributed by atoms with Crippen LogP contribution in [0.5, 0.6) is 0 Å². The highest BCUT2D eigenvalue weighted by Crippen LogP contribution is 2.27. The Morgan fingerprint density at radius 3 is 2.23 bits per heavy atom. The van der Waals surface area contributed by atoms with Crippen molar-refractivity contribution in [3.63, 3.8) is 0 Å². The van der Waals surface area contributed by atoms with Crippen LogP contribution in [-0.2, 0) is 21.2 Å². The van der Waals surface area contributed by atoms with Crippen LogP contribution in [0.15, 0.2) is 77.6 Å². The summed E-state index contributed by atoms with van der Waals surface area (Å²) in [6.07, 6.45) is 2.34. The maximum absolute atomic E-state index is 13.7. The minimum Gasteiger partial charge on any atom is -0.346 e. The number of carbonyl (C=O) groups is 2. The fourth-order valence-electron chi connectivity index (χ4n) is 4.95. The maximum atomic E-state index is 13.7. The summed E-state index contributed by atoms with van der Waals surface area (Å²) < 4.78 is 54.6. The van der Waals surface area contributed by atoms with Crippen molar-refractivity contribution in [2.75, 3.05) is 0 Å². The number of nitrogens with zero attached hydrogens (tertiary/aromatic N) is 1. The molecule has 1 fully saturated rings.